The Morgan fingerprint density at radius 1 is 1.00 bits per heavy atom. The fourth-order valence-electron chi connectivity index (χ4n) is 3.12. The molecule has 0 unspecified atom stereocenters. The van der Waals surface area contributed by atoms with Gasteiger partial charge >= 0.3 is 0 Å². The van der Waals surface area contributed by atoms with Crippen molar-refractivity contribution in [1.29, 1.82) is 0 Å². The normalized spacial score (nSPS) is 10.7. The largest absolute Gasteiger partial charge is 0.350 e. The molecular formula is C24H27N3O. The molecule has 0 aliphatic rings. The van der Waals surface area contributed by atoms with Gasteiger partial charge in [0.25, 0.3) is 0 Å². The van der Waals surface area contributed by atoms with E-state index in [-0.39, 0.29) is 5.91 Å². The highest BCUT2D eigenvalue weighted by Crippen LogP contribution is 2.20. The molecule has 0 atom stereocenters. The maximum Gasteiger partial charge on any atom is 0.228 e. The Labute approximate surface area is 167 Å². The molecule has 0 fully saturated rings. The van der Waals surface area contributed by atoms with Crippen LogP contribution in [0.5, 0.6) is 0 Å². The average molecular weight is 374 g/mol. The monoisotopic (exact) mass is 373 g/mol. The molecule has 1 aromatic heterocycles. The molecule has 0 aliphatic carbocycles. The molecule has 3 aromatic rings. The molecule has 0 spiro atoms. The molecule has 0 bridgehead atoms. The van der Waals surface area contributed by atoms with E-state index in [4.69, 9.17) is 0 Å². The van der Waals surface area contributed by atoms with Crippen LogP contribution in [-0.4, -0.2) is 16.9 Å². The van der Waals surface area contributed by atoms with Crippen LogP contribution in [0.1, 0.15) is 30.5 Å². The van der Waals surface area contributed by atoms with Gasteiger partial charge < -0.3 is 10.2 Å². The van der Waals surface area contributed by atoms with Crippen molar-refractivity contribution in [2.24, 2.45) is 0 Å². The van der Waals surface area contributed by atoms with Crippen LogP contribution in [-0.2, 0) is 17.8 Å². The number of carbonyl (C=O) groups is 1. The summed E-state index contributed by atoms with van der Waals surface area (Å²) in [4.78, 5) is 19.2. The summed E-state index contributed by atoms with van der Waals surface area (Å²) in [6.07, 6.45) is 2.09. The molecule has 0 radical (unpaired) electrons. The molecule has 3 rings (SSSR count). The minimum atomic E-state index is -0.0335. The van der Waals surface area contributed by atoms with Gasteiger partial charge in [-0.05, 0) is 49.6 Å². The van der Waals surface area contributed by atoms with Crippen molar-refractivity contribution in [3.63, 3.8) is 0 Å². The fourth-order valence-corrected chi connectivity index (χ4v) is 3.12. The number of hydrogen-bond acceptors (Lipinski definition) is 3. The van der Waals surface area contributed by atoms with Gasteiger partial charge in [0, 0.05) is 12.6 Å². The highest BCUT2D eigenvalue weighted by molar-refractivity contribution is 5.92. The predicted octanol–water partition coefficient (Wildman–Crippen LogP) is 4.99. The second kappa shape index (κ2) is 9.18. The fraction of sp³-hybridized carbons (Fsp3) is 0.250. The summed E-state index contributed by atoms with van der Waals surface area (Å²) in [6.45, 7) is 7.13. The topological polar surface area (TPSA) is 45.2 Å². The Balaban J connectivity index is 1.66. The number of hydrogen-bond donors (Lipinski definition) is 1. The number of pyridine rings is 1. The van der Waals surface area contributed by atoms with Crippen molar-refractivity contribution in [2.75, 3.05) is 10.2 Å². The number of aromatic nitrogens is 1. The number of carbonyl (C=O) groups excluding carboxylic acids is 1. The zero-order valence-electron chi connectivity index (χ0n) is 16.7. The van der Waals surface area contributed by atoms with E-state index in [1.165, 1.54) is 5.56 Å². The molecule has 4 nitrogen and oxygen atoms in total. The Morgan fingerprint density at radius 2 is 1.71 bits per heavy atom. The highest BCUT2D eigenvalue weighted by Gasteiger charge is 2.13. The molecule has 0 saturated heterocycles. The van der Waals surface area contributed by atoms with Crippen molar-refractivity contribution >= 4 is 17.4 Å². The molecular weight excluding hydrogens is 346 g/mol. The first kappa shape index (κ1) is 19.6. The van der Waals surface area contributed by atoms with Crippen molar-refractivity contribution < 1.29 is 4.79 Å². The number of anilines is 2. The predicted molar refractivity (Wildman–Crippen MR) is 116 cm³/mol. The lowest BCUT2D eigenvalue weighted by atomic mass is 10.1. The first-order valence-electron chi connectivity index (χ1n) is 9.64. The van der Waals surface area contributed by atoms with Gasteiger partial charge in [0.05, 0.1) is 18.3 Å². The lowest BCUT2D eigenvalue weighted by Crippen LogP contribution is -2.30. The Hall–Kier alpha value is -3.14. The summed E-state index contributed by atoms with van der Waals surface area (Å²) in [5, 5.41) is 2.94. The van der Waals surface area contributed by atoms with E-state index in [2.05, 4.69) is 41.2 Å². The quantitative estimate of drug-likeness (QED) is 0.635. The second-order valence-electron chi connectivity index (χ2n) is 7.26. The van der Waals surface area contributed by atoms with E-state index < -0.39 is 0 Å². The van der Waals surface area contributed by atoms with Crippen molar-refractivity contribution in [2.45, 2.75) is 39.8 Å². The van der Waals surface area contributed by atoms with E-state index in [0.29, 0.717) is 18.2 Å². The SMILES string of the molecule is Cc1ccccc1CC(=O)Nc1ccc(N(Cc2ccccc2)C(C)C)nc1. The van der Waals surface area contributed by atoms with Gasteiger partial charge in [-0.3, -0.25) is 4.79 Å². The van der Waals surface area contributed by atoms with Gasteiger partial charge in [-0.15, -0.1) is 0 Å². The molecule has 1 heterocycles. The molecule has 1 N–H and O–H groups in total. The zero-order chi connectivity index (χ0) is 19.9. The molecule has 0 aliphatic heterocycles. The lowest BCUT2D eigenvalue weighted by molar-refractivity contribution is -0.115. The number of benzene rings is 2. The average Bonchev–Trinajstić information content (AvgIpc) is 2.69. The molecule has 2 aromatic carbocycles. The zero-order valence-corrected chi connectivity index (χ0v) is 16.7. The van der Waals surface area contributed by atoms with Crippen LogP contribution in [0.15, 0.2) is 72.9 Å². The number of nitrogens with zero attached hydrogens (tertiary/aromatic N) is 2. The maximum atomic E-state index is 12.4. The van der Waals surface area contributed by atoms with Gasteiger partial charge in [-0.25, -0.2) is 4.98 Å². The molecule has 28 heavy (non-hydrogen) atoms. The van der Waals surface area contributed by atoms with Crippen LogP contribution in [0.25, 0.3) is 0 Å². The van der Waals surface area contributed by atoms with E-state index >= 15 is 0 Å². The van der Waals surface area contributed by atoms with Gasteiger partial charge in [-0.2, -0.15) is 0 Å². The van der Waals surface area contributed by atoms with Crippen LogP contribution in [0.3, 0.4) is 0 Å². The number of nitrogens with one attached hydrogen (secondary N) is 1. The summed E-state index contributed by atoms with van der Waals surface area (Å²) >= 11 is 0. The van der Waals surface area contributed by atoms with E-state index in [1.54, 1.807) is 6.20 Å². The van der Waals surface area contributed by atoms with E-state index in [0.717, 1.165) is 23.5 Å². The smallest absolute Gasteiger partial charge is 0.228 e. The van der Waals surface area contributed by atoms with Crippen molar-refractivity contribution in [3.05, 3.63) is 89.6 Å². The highest BCUT2D eigenvalue weighted by atomic mass is 16.1. The Morgan fingerprint density at radius 3 is 2.36 bits per heavy atom. The molecule has 144 valence electrons. The van der Waals surface area contributed by atoms with Gasteiger partial charge in [0.1, 0.15) is 5.82 Å². The van der Waals surface area contributed by atoms with Crippen LogP contribution in [0, 0.1) is 6.92 Å². The maximum absolute atomic E-state index is 12.4. The van der Waals surface area contributed by atoms with Crippen molar-refractivity contribution in [1.82, 2.24) is 4.98 Å². The van der Waals surface area contributed by atoms with E-state index in [1.807, 2.05) is 61.5 Å². The van der Waals surface area contributed by atoms with Crippen molar-refractivity contribution in [3.8, 4) is 0 Å². The molecule has 4 heteroatoms. The summed E-state index contributed by atoms with van der Waals surface area (Å²) in [5.74, 6) is 0.865. The second-order valence-corrected chi connectivity index (χ2v) is 7.26. The Bertz CT molecular complexity index is 905. The molecule has 1 amide bonds. The van der Waals surface area contributed by atoms with Crippen LogP contribution < -0.4 is 10.2 Å². The first-order chi connectivity index (χ1) is 13.5. The lowest BCUT2D eigenvalue weighted by Gasteiger charge is -2.28. The van der Waals surface area contributed by atoms with Crippen LogP contribution in [0.4, 0.5) is 11.5 Å². The number of aryl methyl sites for hydroxylation is 1. The van der Waals surface area contributed by atoms with Gasteiger partial charge in [0.2, 0.25) is 5.91 Å². The first-order valence-corrected chi connectivity index (χ1v) is 9.64. The standard InChI is InChI=1S/C24H27N3O/c1-18(2)27(17-20-10-5-4-6-11-20)23-14-13-22(16-25-23)26-24(28)15-21-12-8-7-9-19(21)3/h4-14,16,18H,15,17H2,1-3H3,(H,26,28). The molecule has 0 saturated carbocycles. The number of rotatable bonds is 7. The Kier molecular flexibility index (Phi) is 6.43. The summed E-state index contributed by atoms with van der Waals surface area (Å²) in [6, 6.07) is 22.5. The third-order valence-corrected chi connectivity index (χ3v) is 4.76. The van der Waals surface area contributed by atoms with Gasteiger partial charge in [0.15, 0.2) is 0 Å². The van der Waals surface area contributed by atoms with Crippen LogP contribution >= 0.6 is 0 Å². The number of amides is 1. The summed E-state index contributed by atoms with van der Waals surface area (Å²) in [7, 11) is 0. The summed E-state index contributed by atoms with van der Waals surface area (Å²) in [5.41, 5.74) is 4.12. The minimum Gasteiger partial charge on any atom is -0.350 e. The van der Waals surface area contributed by atoms with Gasteiger partial charge in [-0.1, -0.05) is 54.6 Å². The van der Waals surface area contributed by atoms with E-state index in [9.17, 15) is 4.79 Å². The third-order valence-electron chi connectivity index (χ3n) is 4.76. The van der Waals surface area contributed by atoms with Crippen LogP contribution in [0.2, 0.25) is 0 Å². The third kappa shape index (κ3) is 5.19. The summed E-state index contributed by atoms with van der Waals surface area (Å²) < 4.78 is 0. The minimum absolute atomic E-state index is 0.0335.